The fourth-order valence-electron chi connectivity index (χ4n) is 25.1. The quantitative estimate of drug-likeness (QED) is 0.124. The number of pyridine rings is 8. The van der Waals surface area contributed by atoms with Gasteiger partial charge in [-0.1, -0.05) is 230 Å². The second-order valence-corrected chi connectivity index (χ2v) is 39.3. The van der Waals surface area contributed by atoms with Crippen LogP contribution in [0.5, 0.6) is 0 Å². The third kappa shape index (κ3) is 12.0. The Kier molecular flexibility index (Phi) is 18.4. The van der Waals surface area contributed by atoms with Crippen LogP contribution in [0, 0.1) is 27.7 Å². The highest BCUT2D eigenvalue weighted by atomic mass is 16.1. The molecule has 0 amide bonds. The molecule has 32 rings (SSSR count). The molecule has 31 aromatic rings. The SMILES string of the molecule is Cc1cc(C)c(-n2c3ccccc3c3cc4c(cc32)c(=O)c2cccc3c(=O)c5ccccc5n4c32)c(C)c1.Cc1cccc(-n2c3ccccc3c3c4c(=O)c5cccc6c(=O)c7ccccc7n(c4ccc32)c65)c1.O=c1c2ccccc2n2c3cc4c(cc3c(=O)c3cccc1c32)c1c(-c2ccccc2)cccc1n4-c1ccccc1.O=c1c2ccccc2n2c3ccccc3c(=O)c3c4c(cc1c32)-c1ccccc1C4. The average Bonchev–Trinajstić information content (AvgIpc) is 1.39. The van der Waals surface area contributed by atoms with Crippen LogP contribution in [0.2, 0.25) is 0 Å². The van der Waals surface area contributed by atoms with Crippen molar-refractivity contribution in [3.63, 3.8) is 0 Å². The molecule has 1 aliphatic rings. The van der Waals surface area contributed by atoms with Crippen molar-refractivity contribution in [3.8, 4) is 39.3 Å². The van der Waals surface area contributed by atoms with Crippen molar-refractivity contribution in [3.05, 3.63) is 522 Å². The summed E-state index contributed by atoms with van der Waals surface area (Å²) in [6, 6.07) is 134. The predicted molar refractivity (Wildman–Crippen MR) is 610 cm³/mol. The molecular weight excluding hydrogens is 1820 g/mol. The van der Waals surface area contributed by atoms with E-state index in [0.717, 1.165) is 160 Å². The van der Waals surface area contributed by atoms with E-state index < -0.39 is 0 Å². The molecule has 15 heteroatoms. The van der Waals surface area contributed by atoms with Gasteiger partial charge >= 0.3 is 0 Å². The summed E-state index contributed by atoms with van der Waals surface area (Å²) in [5.74, 6) is 0. The molecule has 11 heterocycles. The van der Waals surface area contributed by atoms with Gasteiger partial charge in [-0.15, -0.1) is 0 Å². The van der Waals surface area contributed by atoms with Crippen molar-refractivity contribution in [2.45, 2.75) is 34.1 Å². The summed E-state index contributed by atoms with van der Waals surface area (Å²) < 4.78 is 15.3. The van der Waals surface area contributed by atoms with E-state index in [9.17, 15) is 38.4 Å². The highest BCUT2D eigenvalue weighted by molar-refractivity contribution is 6.26. The smallest absolute Gasteiger partial charge is 0.197 e. The molecule has 696 valence electrons. The van der Waals surface area contributed by atoms with Gasteiger partial charge in [0, 0.05) is 119 Å². The second-order valence-electron chi connectivity index (χ2n) is 39.3. The molecule has 20 aromatic carbocycles. The van der Waals surface area contributed by atoms with Gasteiger partial charge in [-0.05, 0) is 266 Å². The van der Waals surface area contributed by atoms with Crippen LogP contribution in [0.3, 0.4) is 0 Å². The summed E-state index contributed by atoms with van der Waals surface area (Å²) in [5.41, 5.74) is 29.8. The van der Waals surface area contributed by atoms with Crippen molar-refractivity contribution in [1.29, 1.82) is 0 Å². The Hall–Kier alpha value is -19.6. The van der Waals surface area contributed by atoms with Gasteiger partial charge in [0.2, 0.25) is 0 Å². The Morgan fingerprint density at radius 3 is 1.11 bits per heavy atom. The second kappa shape index (κ2) is 31.9. The summed E-state index contributed by atoms with van der Waals surface area (Å²) in [6.07, 6.45) is 0.714. The van der Waals surface area contributed by atoms with Gasteiger partial charge in [-0.2, -0.15) is 0 Å². The Balaban J connectivity index is 0.0000000936. The Labute approximate surface area is 838 Å². The third-order valence-corrected chi connectivity index (χ3v) is 31.1. The van der Waals surface area contributed by atoms with Crippen LogP contribution in [0.25, 0.3) is 257 Å². The number of aryl methyl sites for hydroxylation is 4. The first-order valence-corrected chi connectivity index (χ1v) is 49.7. The maximum atomic E-state index is 14.3. The molecule has 0 spiro atoms. The van der Waals surface area contributed by atoms with Gasteiger partial charge in [0.1, 0.15) is 0 Å². The summed E-state index contributed by atoms with van der Waals surface area (Å²) >= 11 is 0. The van der Waals surface area contributed by atoms with Gasteiger partial charge < -0.3 is 31.3 Å². The molecule has 0 radical (unpaired) electrons. The van der Waals surface area contributed by atoms with Gasteiger partial charge in [-0.3, -0.25) is 38.4 Å². The molecule has 0 bridgehead atoms. The highest BCUT2D eigenvalue weighted by Crippen LogP contribution is 2.47. The molecule has 0 atom stereocenters. The number of fused-ring (bicyclic) bond motifs is 30. The fraction of sp³-hybridized carbons (Fsp3) is 0.0376. The van der Waals surface area contributed by atoms with Crippen LogP contribution in [0.1, 0.15) is 33.4 Å². The first-order chi connectivity index (χ1) is 72.5. The number of aromatic nitrogens is 7. The van der Waals surface area contributed by atoms with Crippen molar-refractivity contribution < 1.29 is 0 Å². The van der Waals surface area contributed by atoms with Gasteiger partial charge in [0.15, 0.2) is 43.4 Å². The van der Waals surface area contributed by atoms with Crippen LogP contribution in [0.4, 0.5) is 0 Å². The van der Waals surface area contributed by atoms with Crippen LogP contribution >= 0.6 is 0 Å². The molecule has 15 nitrogen and oxygen atoms in total. The molecule has 0 saturated heterocycles. The van der Waals surface area contributed by atoms with Crippen molar-refractivity contribution in [1.82, 2.24) is 31.3 Å². The van der Waals surface area contributed by atoms with E-state index in [2.05, 4.69) is 229 Å². The summed E-state index contributed by atoms with van der Waals surface area (Å²) in [5, 5.41) is 16.2. The minimum atomic E-state index is -0.0648. The topological polar surface area (TPSA) is 169 Å². The van der Waals surface area contributed by atoms with Crippen LogP contribution in [-0.4, -0.2) is 31.3 Å². The maximum Gasteiger partial charge on any atom is 0.197 e. The molecule has 148 heavy (non-hydrogen) atoms. The lowest BCUT2D eigenvalue weighted by atomic mass is 9.95. The lowest BCUT2D eigenvalue weighted by Gasteiger charge is -2.17. The van der Waals surface area contributed by atoms with Crippen LogP contribution in [0.15, 0.2) is 445 Å². The van der Waals surface area contributed by atoms with Crippen LogP contribution in [-0.2, 0) is 6.42 Å². The number of para-hydroxylation sites is 11. The zero-order valence-corrected chi connectivity index (χ0v) is 80.3. The molecule has 11 aromatic heterocycles. The van der Waals surface area contributed by atoms with E-state index in [0.29, 0.717) is 109 Å². The minimum absolute atomic E-state index is 0.00920. The number of hydrogen-bond donors (Lipinski definition) is 0. The molecule has 0 unspecified atom stereocenters. The standard InChI is InChI=1S/C38H22N2O2.C35H24N2O2.C33H20N2O2.C27H15NO2/c41-37-26-15-7-8-19-31(26)40-34-22-33-29(21-30(34)38(42)28-18-9-17-27(37)36(28)40)35-25(23-11-3-1-4-12-23)16-10-20-32(35)39(33)24-13-5-2-6-14-24;1-19-15-20(2)32(21(3)16-19)36-28-13-6-4-9-22(28)26-17-31-27(18-30(26)36)35(39)25-12-8-11-24-33(25)37(31)29-14-7-5-10-23(29)34(24)38;1-19-8-6-9-20(18-19)34-25-14-4-2-10-21(25)29-27(34)16-17-28-30(29)33(37)24-13-7-12-23-31(24)35(28)26-15-5-3-11-22(26)32(23)36;29-26-17-9-3-5-11-22(17)28-23-12-6-4-10-18(23)27(30)24-20-13-15-7-1-2-8-16(15)19(20)14-21(26)25(24)28/h1-22H;4-18H,1-3H3;2-18H,1H3;1-12,14H,13H2. The summed E-state index contributed by atoms with van der Waals surface area (Å²) in [4.78, 5) is 110. The van der Waals surface area contributed by atoms with E-state index in [1.807, 2.05) is 237 Å². The summed E-state index contributed by atoms with van der Waals surface area (Å²) in [7, 11) is 0. The number of benzene rings is 20. The predicted octanol–water partition coefficient (Wildman–Crippen LogP) is 28.0. The van der Waals surface area contributed by atoms with Gasteiger partial charge in [0.05, 0.1) is 116 Å². The van der Waals surface area contributed by atoms with E-state index in [1.54, 1.807) is 0 Å². The van der Waals surface area contributed by atoms with Crippen LogP contribution < -0.4 is 43.4 Å². The summed E-state index contributed by atoms with van der Waals surface area (Å²) in [6.45, 7) is 8.52. The lowest BCUT2D eigenvalue weighted by molar-refractivity contribution is 1.11. The average molecular weight is 1910 g/mol. The minimum Gasteiger partial charge on any atom is -0.309 e. The van der Waals surface area contributed by atoms with Gasteiger partial charge in [-0.25, -0.2) is 0 Å². The Bertz CT molecular complexity index is 11900. The van der Waals surface area contributed by atoms with E-state index in [4.69, 9.17) is 0 Å². The normalized spacial score (nSPS) is 12.2. The van der Waals surface area contributed by atoms with Gasteiger partial charge in [0.25, 0.3) is 0 Å². The molecule has 0 saturated carbocycles. The Morgan fingerprint density at radius 1 is 0.182 bits per heavy atom. The fourth-order valence-corrected chi connectivity index (χ4v) is 25.1. The van der Waals surface area contributed by atoms with E-state index in [1.165, 1.54) is 27.8 Å². The number of rotatable bonds is 4. The van der Waals surface area contributed by atoms with Crippen molar-refractivity contribution in [2.75, 3.05) is 0 Å². The maximum absolute atomic E-state index is 14.3. The molecule has 0 fully saturated rings. The number of hydrogen-bond acceptors (Lipinski definition) is 8. The molecule has 0 aliphatic heterocycles. The van der Waals surface area contributed by atoms with E-state index in [-0.39, 0.29) is 43.4 Å². The zero-order valence-electron chi connectivity index (χ0n) is 80.3. The third-order valence-electron chi connectivity index (χ3n) is 31.1. The molecule has 1 aliphatic carbocycles. The first kappa shape index (κ1) is 85.2. The molecular formula is C133H81N7O8. The lowest BCUT2D eigenvalue weighted by Crippen LogP contribution is -2.15. The largest absolute Gasteiger partial charge is 0.309 e. The van der Waals surface area contributed by atoms with Crippen molar-refractivity contribution >= 4 is 218 Å². The monoisotopic (exact) mass is 1900 g/mol. The highest BCUT2D eigenvalue weighted by Gasteiger charge is 2.31. The Morgan fingerprint density at radius 2 is 0.554 bits per heavy atom. The zero-order chi connectivity index (χ0) is 99.3. The van der Waals surface area contributed by atoms with Crippen molar-refractivity contribution in [2.24, 2.45) is 0 Å². The first-order valence-electron chi connectivity index (χ1n) is 49.7. The van der Waals surface area contributed by atoms with E-state index >= 15 is 0 Å². The number of nitrogens with zero attached hydrogens (tertiary/aromatic N) is 7. The molecule has 0 N–H and O–H groups in total.